The van der Waals surface area contributed by atoms with Crippen LogP contribution in [0.2, 0.25) is 0 Å². The Morgan fingerprint density at radius 2 is 0.860 bits per heavy atom. The summed E-state index contributed by atoms with van der Waals surface area (Å²) in [5, 5.41) is 0. The number of rotatable bonds is 40. The lowest BCUT2D eigenvalue weighted by Crippen LogP contribution is -2.29. The largest absolute Gasteiger partial charge is 0.472 e. The molecule has 0 fully saturated rings. The van der Waals surface area contributed by atoms with E-state index in [4.69, 9.17) is 24.3 Å². The molecule has 9 nitrogen and oxygen atoms in total. The first-order valence-electron chi connectivity index (χ1n) is 21.0. The molecular formula is C40H80NO8P. The Morgan fingerprint density at radius 3 is 1.22 bits per heavy atom. The average Bonchev–Trinajstić information content (AvgIpc) is 3.10. The van der Waals surface area contributed by atoms with Crippen molar-refractivity contribution in [1.82, 2.24) is 0 Å². The minimum absolute atomic E-state index is 0.0580. The van der Waals surface area contributed by atoms with Crippen LogP contribution in [0, 0.1) is 0 Å². The predicted octanol–water partition coefficient (Wildman–Crippen LogP) is 11.7. The number of unbranched alkanes of at least 4 members (excludes halogenated alkanes) is 27. The minimum Gasteiger partial charge on any atom is -0.462 e. The molecule has 1 unspecified atom stereocenters. The summed E-state index contributed by atoms with van der Waals surface area (Å²) in [6, 6.07) is 0. The topological polar surface area (TPSA) is 134 Å². The molecular weight excluding hydrogens is 653 g/mol. The van der Waals surface area contributed by atoms with Crippen LogP contribution < -0.4 is 5.73 Å². The van der Waals surface area contributed by atoms with Gasteiger partial charge in [-0.15, -0.1) is 0 Å². The molecule has 50 heavy (non-hydrogen) atoms. The minimum atomic E-state index is -4.36. The summed E-state index contributed by atoms with van der Waals surface area (Å²) < 4.78 is 32.7. The number of hydrogen-bond donors (Lipinski definition) is 2. The maximum Gasteiger partial charge on any atom is 0.472 e. The standard InChI is InChI=1S/C40H80NO8P/c1-3-5-7-9-11-13-15-17-19-21-22-24-26-28-30-32-39(42)46-36-38(37-48-50(44,45)47-35-34-41)49-40(43)33-31-29-27-25-23-20-18-16-14-12-10-8-6-4-2/h38H,3-37,41H2,1-2H3,(H,44,45)/t38-/m1/s1. The van der Waals surface area contributed by atoms with E-state index in [1.54, 1.807) is 0 Å². The van der Waals surface area contributed by atoms with E-state index in [1.807, 2.05) is 0 Å². The number of phosphoric ester groups is 1. The van der Waals surface area contributed by atoms with Crippen molar-refractivity contribution in [3.8, 4) is 0 Å². The highest BCUT2D eigenvalue weighted by Gasteiger charge is 2.26. The third-order valence-corrected chi connectivity index (χ3v) is 10.2. The normalized spacial score (nSPS) is 13.3. The van der Waals surface area contributed by atoms with Crippen molar-refractivity contribution in [2.45, 2.75) is 219 Å². The highest BCUT2D eigenvalue weighted by atomic mass is 31.2. The van der Waals surface area contributed by atoms with Crippen LogP contribution in [0.3, 0.4) is 0 Å². The van der Waals surface area contributed by atoms with Gasteiger partial charge in [-0.05, 0) is 12.8 Å². The molecule has 0 aromatic carbocycles. The molecule has 298 valence electrons. The van der Waals surface area contributed by atoms with Gasteiger partial charge in [0.1, 0.15) is 6.61 Å². The summed E-state index contributed by atoms with van der Waals surface area (Å²) in [6.45, 7) is 3.76. The molecule has 0 amide bonds. The van der Waals surface area contributed by atoms with Crippen molar-refractivity contribution in [3.05, 3.63) is 0 Å². The average molecular weight is 734 g/mol. The van der Waals surface area contributed by atoms with Gasteiger partial charge in [0.25, 0.3) is 0 Å². The molecule has 3 N–H and O–H groups in total. The van der Waals surface area contributed by atoms with Crippen molar-refractivity contribution in [1.29, 1.82) is 0 Å². The van der Waals surface area contributed by atoms with Crippen LogP contribution in [0.5, 0.6) is 0 Å². The molecule has 0 aliphatic carbocycles. The summed E-state index contributed by atoms with van der Waals surface area (Å²) in [7, 11) is -4.36. The van der Waals surface area contributed by atoms with E-state index in [9.17, 15) is 19.0 Å². The fourth-order valence-electron chi connectivity index (χ4n) is 6.11. The van der Waals surface area contributed by atoms with Crippen LogP contribution in [0.1, 0.15) is 213 Å². The molecule has 0 aromatic rings. The second kappa shape index (κ2) is 37.8. The van der Waals surface area contributed by atoms with Gasteiger partial charge in [-0.25, -0.2) is 4.57 Å². The van der Waals surface area contributed by atoms with Crippen LogP contribution in [0.25, 0.3) is 0 Å². The van der Waals surface area contributed by atoms with Gasteiger partial charge < -0.3 is 20.1 Å². The van der Waals surface area contributed by atoms with Crippen molar-refractivity contribution in [2.75, 3.05) is 26.4 Å². The van der Waals surface area contributed by atoms with Crippen LogP contribution in [0.15, 0.2) is 0 Å². The zero-order chi connectivity index (χ0) is 36.8. The van der Waals surface area contributed by atoms with Crippen LogP contribution in [0.4, 0.5) is 0 Å². The van der Waals surface area contributed by atoms with E-state index in [-0.39, 0.29) is 38.6 Å². The zero-order valence-corrected chi connectivity index (χ0v) is 33.6. The quantitative estimate of drug-likeness (QED) is 0.0358. The first kappa shape index (κ1) is 49.0. The summed E-state index contributed by atoms with van der Waals surface area (Å²) in [5.74, 6) is -0.814. The van der Waals surface area contributed by atoms with Gasteiger partial charge in [-0.2, -0.15) is 0 Å². The molecule has 0 aliphatic rings. The molecule has 0 bridgehead atoms. The molecule has 0 aromatic heterocycles. The second-order valence-electron chi connectivity index (χ2n) is 14.2. The third kappa shape index (κ3) is 36.8. The SMILES string of the molecule is CCCCCCCCCCCCCCCCCC(=O)OC[C@H](COP(=O)(O)OCCN)OC(=O)CCCCCCCCCCCCCCCC. The third-order valence-electron chi connectivity index (χ3n) is 9.24. The van der Waals surface area contributed by atoms with Gasteiger partial charge in [0.05, 0.1) is 13.2 Å². The van der Waals surface area contributed by atoms with Gasteiger partial charge >= 0.3 is 19.8 Å². The van der Waals surface area contributed by atoms with Crippen molar-refractivity contribution < 1.29 is 37.6 Å². The Labute approximate surface area is 307 Å². The first-order chi connectivity index (χ1) is 24.3. The molecule has 0 aliphatic heterocycles. The van der Waals surface area contributed by atoms with Gasteiger partial charge in [0.15, 0.2) is 6.10 Å². The van der Waals surface area contributed by atoms with Crippen LogP contribution >= 0.6 is 7.82 Å². The summed E-state index contributed by atoms with van der Waals surface area (Å²) >= 11 is 0. The van der Waals surface area contributed by atoms with Gasteiger partial charge in [0, 0.05) is 19.4 Å². The number of carbonyl (C=O) groups excluding carboxylic acids is 2. The Balaban J connectivity index is 4.12. The molecule has 2 atom stereocenters. The molecule has 0 spiro atoms. The monoisotopic (exact) mass is 734 g/mol. The number of nitrogens with two attached hydrogens (primary N) is 1. The molecule has 0 rings (SSSR count). The Hall–Kier alpha value is -0.990. The zero-order valence-electron chi connectivity index (χ0n) is 32.7. The van der Waals surface area contributed by atoms with Gasteiger partial charge in [-0.3, -0.25) is 18.6 Å². The van der Waals surface area contributed by atoms with Crippen molar-refractivity contribution in [3.63, 3.8) is 0 Å². The van der Waals surface area contributed by atoms with Crippen LogP contribution in [-0.2, 0) is 32.7 Å². The smallest absolute Gasteiger partial charge is 0.462 e. The molecule has 0 radical (unpaired) electrons. The summed E-state index contributed by atoms with van der Waals surface area (Å²) in [6.07, 6.45) is 35.5. The van der Waals surface area contributed by atoms with E-state index < -0.39 is 26.5 Å². The van der Waals surface area contributed by atoms with E-state index in [0.29, 0.717) is 6.42 Å². The molecule has 0 saturated carbocycles. The number of hydrogen-bond acceptors (Lipinski definition) is 8. The van der Waals surface area contributed by atoms with E-state index >= 15 is 0 Å². The predicted molar refractivity (Wildman–Crippen MR) is 206 cm³/mol. The van der Waals surface area contributed by atoms with Crippen molar-refractivity contribution >= 4 is 19.8 Å². The Morgan fingerprint density at radius 1 is 0.520 bits per heavy atom. The number of carbonyl (C=O) groups is 2. The van der Waals surface area contributed by atoms with E-state index in [1.165, 1.54) is 148 Å². The fourth-order valence-corrected chi connectivity index (χ4v) is 6.87. The number of esters is 2. The van der Waals surface area contributed by atoms with Gasteiger partial charge in [0.2, 0.25) is 0 Å². The Bertz CT molecular complexity index is 799. The molecule has 0 heterocycles. The highest BCUT2D eigenvalue weighted by Crippen LogP contribution is 2.43. The maximum atomic E-state index is 12.5. The van der Waals surface area contributed by atoms with Gasteiger partial charge in [-0.1, -0.05) is 187 Å². The number of phosphoric acid groups is 1. The Kier molecular flexibility index (Phi) is 37.0. The fraction of sp³-hybridized carbons (Fsp3) is 0.950. The maximum absolute atomic E-state index is 12.5. The van der Waals surface area contributed by atoms with E-state index in [0.717, 1.165) is 32.1 Å². The lowest BCUT2D eigenvalue weighted by Gasteiger charge is -2.19. The summed E-state index contributed by atoms with van der Waals surface area (Å²) in [5.41, 5.74) is 5.34. The first-order valence-corrected chi connectivity index (χ1v) is 22.5. The van der Waals surface area contributed by atoms with E-state index in [2.05, 4.69) is 13.8 Å². The summed E-state index contributed by atoms with van der Waals surface area (Å²) in [4.78, 5) is 34.8. The molecule has 0 saturated heterocycles. The highest BCUT2D eigenvalue weighted by molar-refractivity contribution is 7.47. The van der Waals surface area contributed by atoms with Crippen molar-refractivity contribution in [2.24, 2.45) is 5.73 Å². The second-order valence-corrected chi connectivity index (χ2v) is 15.7. The molecule has 10 heteroatoms. The number of ether oxygens (including phenoxy) is 2. The lowest BCUT2D eigenvalue weighted by molar-refractivity contribution is -0.161. The van der Waals surface area contributed by atoms with Crippen LogP contribution in [-0.4, -0.2) is 49.3 Å². The lowest BCUT2D eigenvalue weighted by atomic mass is 10.0.